The van der Waals surface area contributed by atoms with Crippen molar-refractivity contribution in [1.29, 1.82) is 0 Å². The first kappa shape index (κ1) is 15.8. The Kier molecular flexibility index (Phi) is 5.59. The van der Waals surface area contributed by atoms with E-state index in [4.69, 9.17) is 16.3 Å². The van der Waals surface area contributed by atoms with Crippen LogP contribution < -0.4 is 10.1 Å². The van der Waals surface area contributed by atoms with E-state index in [1.807, 2.05) is 24.3 Å². The van der Waals surface area contributed by atoms with Crippen molar-refractivity contribution in [3.8, 4) is 5.75 Å². The van der Waals surface area contributed by atoms with E-state index in [-0.39, 0.29) is 11.9 Å². The van der Waals surface area contributed by atoms with Crippen LogP contribution in [0.4, 0.5) is 4.39 Å². The topological polar surface area (TPSA) is 21.3 Å². The first-order chi connectivity index (χ1) is 10.1. The number of ether oxygens (including phenoxy) is 1. The number of nitrogens with one attached hydrogen (secondary N) is 1. The quantitative estimate of drug-likeness (QED) is 0.833. The van der Waals surface area contributed by atoms with Gasteiger partial charge in [0.15, 0.2) is 0 Å². The molecule has 2 rings (SSSR count). The lowest BCUT2D eigenvalue weighted by molar-refractivity contribution is 0.414. The highest BCUT2D eigenvalue weighted by Crippen LogP contribution is 2.21. The zero-order chi connectivity index (χ0) is 15.2. The second kappa shape index (κ2) is 7.43. The Morgan fingerprint density at radius 3 is 2.52 bits per heavy atom. The predicted octanol–water partition coefficient (Wildman–Crippen LogP) is 4.73. The summed E-state index contributed by atoms with van der Waals surface area (Å²) >= 11 is 5.91. The molecule has 0 amide bonds. The van der Waals surface area contributed by atoms with Gasteiger partial charge >= 0.3 is 0 Å². The van der Waals surface area contributed by atoms with Gasteiger partial charge in [-0.25, -0.2) is 4.39 Å². The normalized spacial score (nSPS) is 12.2. The summed E-state index contributed by atoms with van der Waals surface area (Å²) in [6, 6.07) is 12.7. The molecular formula is C17H19ClFNO. The number of halogens is 2. The number of hydrogen-bond acceptors (Lipinski definition) is 2. The highest BCUT2D eigenvalue weighted by Gasteiger charge is 2.10. The predicted molar refractivity (Wildman–Crippen MR) is 84.3 cm³/mol. The third kappa shape index (κ3) is 4.19. The van der Waals surface area contributed by atoms with Crippen LogP contribution >= 0.6 is 11.6 Å². The van der Waals surface area contributed by atoms with Gasteiger partial charge in [0, 0.05) is 23.2 Å². The van der Waals surface area contributed by atoms with Crippen LogP contribution in [0.2, 0.25) is 5.02 Å². The summed E-state index contributed by atoms with van der Waals surface area (Å²) in [5.41, 5.74) is 1.73. The van der Waals surface area contributed by atoms with E-state index >= 15 is 0 Å². The lowest BCUT2D eigenvalue weighted by atomic mass is 10.0. The monoisotopic (exact) mass is 307 g/mol. The van der Waals surface area contributed by atoms with Crippen LogP contribution in [0.1, 0.15) is 30.5 Å². The molecule has 0 fully saturated rings. The van der Waals surface area contributed by atoms with Crippen LogP contribution in [-0.2, 0) is 6.54 Å². The summed E-state index contributed by atoms with van der Waals surface area (Å²) in [6.45, 7) is 2.53. The molecule has 0 aliphatic heterocycles. The molecule has 0 aliphatic carbocycles. The van der Waals surface area contributed by atoms with Gasteiger partial charge < -0.3 is 10.1 Å². The zero-order valence-electron chi connectivity index (χ0n) is 12.2. The second-order valence-electron chi connectivity index (χ2n) is 4.85. The Morgan fingerprint density at radius 2 is 1.90 bits per heavy atom. The van der Waals surface area contributed by atoms with E-state index in [9.17, 15) is 4.39 Å². The number of methoxy groups -OCH3 is 1. The molecule has 0 aliphatic rings. The maximum absolute atomic E-state index is 13.7. The Balaban J connectivity index is 2.06. The molecule has 0 saturated heterocycles. The molecule has 1 atom stereocenters. The fraction of sp³-hybridized carbons (Fsp3) is 0.294. The first-order valence-corrected chi connectivity index (χ1v) is 7.33. The van der Waals surface area contributed by atoms with Crippen molar-refractivity contribution in [1.82, 2.24) is 5.32 Å². The Morgan fingerprint density at radius 1 is 1.19 bits per heavy atom. The summed E-state index contributed by atoms with van der Waals surface area (Å²) in [4.78, 5) is 0. The van der Waals surface area contributed by atoms with E-state index in [2.05, 4.69) is 12.2 Å². The van der Waals surface area contributed by atoms with E-state index in [1.165, 1.54) is 6.07 Å². The average molecular weight is 308 g/mol. The van der Waals surface area contributed by atoms with Crippen LogP contribution in [0.5, 0.6) is 5.75 Å². The molecule has 112 valence electrons. The van der Waals surface area contributed by atoms with Gasteiger partial charge in [0.25, 0.3) is 0 Å². The summed E-state index contributed by atoms with van der Waals surface area (Å²) < 4.78 is 18.9. The van der Waals surface area contributed by atoms with E-state index < -0.39 is 0 Å². The molecule has 4 heteroatoms. The fourth-order valence-electron chi connectivity index (χ4n) is 2.25. The molecule has 1 unspecified atom stereocenters. The Labute approximate surface area is 129 Å². The van der Waals surface area contributed by atoms with Gasteiger partial charge in [0.2, 0.25) is 0 Å². The zero-order valence-corrected chi connectivity index (χ0v) is 13.0. The molecule has 21 heavy (non-hydrogen) atoms. The van der Waals surface area contributed by atoms with Gasteiger partial charge in [-0.2, -0.15) is 0 Å². The van der Waals surface area contributed by atoms with Gasteiger partial charge in [-0.05, 0) is 42.3 Å². The summed E-state index contributed by atoms with van der Waals surface area (Å²) in [5.74, 6) is 0.589. The van der Waals surface area contributed by atoms with Crippen LogP contribution in [0.15, 0.2) is 42.5 Å². The van der Waals surface area contributed by atoms with Crippen LogP contribution in [0, 0.1) is 5.82 Å². The second-order valence-corrected chi connectivity index (χ2v) is 5.29. The van der Waals surface area contributed by atoms with Crippen LogP contribution in [0.25, 0.3) is 0 Å². The Hall–Kier alpha value is -1.58. The molecule has 0 radical (unpaired) electrons. The van der Waals surface area contributed by atoms with Gasteiger partial charge in [0.1, 0.15) is 11.6 Å². The maximum atomic E-state index is 13.7. The van der Waals surface area contributed by atoms with E-state index in [1.54, 1.807) is 19.2 Å². The molecule has 2 aromatic carbocycles. The molecule has 2 nitrogen and oxygen atoms in total. The Bertz CT molecular complexity index is 586. The highest BCUT2D eigenvalue weighted by atomic mass is 35.5. The smallest absolute Gasteiger partial charge is 0.127 e. The lowest BCUT2D eigenvalue weighted by Gasteiger charge is -2.18. The van der Waals surface area contributed by atoms with Gasteiger partial charge in [0.05, 0.1) is 7.11 Å². The van der Waals surface area contributed by atoms with Crippen molar-refractivity contribution >= 4 is 11.6 Å². The molecule has 0 spiro atoms. The van der Waals surface area contributed by atoms with Gasteiger partial charge in [-0.3, -0.25) is 0 Å². The van der Waals surface area contributed by atoms with Crippen molar-refractivity contribution in [2.24, 2.45) is 0 Å². The minimum absolute atomic E-state index is 0.161. The van der Waals surface area contributed by atoms with Crippen molar-refractivity contribution in [3.05, 3.63) is 64.4 Å². The van der Waals surface area contributed by atoms with Gasteiger partial charge in [-0.15, -0.1) is 0 Å². The SMILES string of the molecule is CCC(NCc1cc(Cl)ccc1F)c1ccc(OC)cc1. The molecule has 1 N–H and O–H groups in total. The van der Waals surface area contributed by atoms with Crippen LogP contribution in [0.3, 0.4) is 0 Å². The van der Waals surface area contributed by atoms with Crippen molar-refractivity contribution in [3.63, 3.8) is 0 Å². The molecular weight excluding hydrogens is 289 g/mol. The lowest BCUT2D eigenvalue weighted by Crippen LogP contribution is -2.20. The summed E-state index contributed by atoms with van der Waals surface area (Å²) in [7, 11) is 1.65. The number of hydrogen-bond donors (Lipinski definition) is 1. The first-order valence-electron chi connectivity index (χ1n) is 6.95. The third-order valence-corrected chi connectivity index (χ3v) is 3.71. The maximum Gasteiger partial charge on any atom is 0.127 e. The number of benzene rings is 2. The summed E-state index contributed by atoms with van der Waals surface area (Å²) in [5, 5.41) is 3.92. The molecule has 0 heterocycles. The van der Waals surface area contributed by atoms with E-state index in [0.717, 1.165) is 17.7 Å². The third-order valence-electron chi connectivity index (χ3n) is 3.47. The summed E-state index contributed by atoms with van der Waals surface area (Å²) in [6.07, 6.45) is 0.911. The molecule has 2 aromatic rings. The number of rotatable bonds is 6. The van der Waals surface area contributed by atoms with Crippen molar-refractivity contribution in [2.45, 2.75) is 25.9 Å². The highest BCUT2D eigenvalue weighted by molar-refractivity contribution is 6.30. The molecule has 0 aromatic heterocycles. The molecule has 0 bridgehead atoms. The van der Waals surface area contributed by atoms with E-state index in [0.29, 0.717) is 17.1 Å². The van der Waals surface area contributed by atoms with Crippen molar-refractivity contribution in [2.75, 3.05) is 7.11 Å². The minimum Gasteiger partial charge on any atom is -0.497 e. The fourth-order valence-corrected chi connectivity index (χ4v) is 2.44. The largest absolute Gasteiger partial charge is 0.497 e. The average Bonchev–Trinajstić information content (AvgIpc) is 2.51. The van der Waals surface area contributed by atoms with Gasteiger partial charge in [-0.1, -0.05) is 30.7 Å². The standard InChI is InChI=1S/C17H19ClFNO/c1-3-17(12-4-7-15(21-2)8-5-12)20-11-13-10-14(18)6-9-16(13)19/h4-10,17,20H,3,11H2,1-2H3. The molecule has 0 saturated carbocycles. The minimum atomic E-state index is -0.239. The van der Waals surface area contributed by atoms with Crippen molar-refractivity contribution < 1.29 is 9.13 Å². The van der Waals surface area contributed by atoms with Crippen LogP contribution in [-0.4, -0.2) is 7.11 Å².